The van der Waals surface area contributed by atoms with Crippen LogP contribution >= 0.6 is 12.2 Å². The number of benzene rings is 1. The van der Waals surface area contributed by atoms with Crippen LogP contribution < -0.4 is 14.8 Å². The Morgan fingerprint density at radius 3 is 2.79 bits per heavy atom. The molecular weight excluding hydrogens is 372 g/mol. The Morgan fingerprint density at radius 2 is 2.04 bits per heavy atom. The fraction of sp³-hybridized carbons (Fsp3) is 0.238. The Labute approximate surface area is 169 Å². The highest BCUT2D eigenvalue weighted by Gasteiger charge is 2.31. The van der Waals surface area contributed by atoms with Crippen molar-refractivity contribution in [3.05, 3.63) is 72.3 Å². The van der Waals surface area contributed by atoms with E-state index in [2.05, 4.69) is 44.2 Å². The second kappa shape index (κ2) is 7.90. The van der Waals surface area contributed by atoms with Gasteiger partial charge < -0.3 is 24.3 Å². The van der Waals surface area contributed by atoms with E-state index >= 15 is 0 Å². The van der Waals surface area contributed by atoms with Gasteiger partial charge in [-0.1, -0.05) is 6.07 Å². The molecule has 1 aliphatic rings. The molecule has 2 aromatic heterocycles. The Bertz CT molecular complexity index is 974. The molecular formula is C21H22N4O2S. The summed E-state index contributed by atoms with van der Waals surface area (Å²) < 4.78 is 13.1. The second-order valence-corrected chi connectivity index (χ2v) is 6.89. The average molecular weight is 395 g/mol. The zero-order valence-electron chi connectivity index (χ0n) is 15.8. The van der Waals surface area contributed by atoms with Crippen molar-refractivity contribution >= 4 is 23.0 Å². The third-order valence-electron chi connectivity index (χ3n) is 4.95. The molecule has 1 N–H and O–H groups in total. The summed E-state index contributed by atoms with van der Waals surface area (Å²) in [5.41, 5.74) is 3.07. The van der Waals surface area contributed by atoms with Gasteiger partial charge in [-0.3, -0.25) is 4.98 Å². The molecule has 0 fully saturated rings. The van der Waals surface area contributed by atoms with Crippen molar-refractivity contribution in [3.8, 4) is 11.5 Å². The first kappa shape index (κ1) is 18.3. The molecule has 3 aromatic rings. The van der Waals surface area contributed by atoms with Crippen LogP contribution in [0.25, 0.3) is 0 Å². The van der Waals surface area contributed by atoms with Gasteiger partial charge in [0.15, 0.2) is 5.11 Å². The van der Waals surface area contributed by atoms with Crippen LogP contribution in [0.3, 0.4) is 0 Å². The Kier molecular flexibility index (Phi) is 5.16. The number of rotatable bonds is 4. The molecule has 1 atom stereocenters. The van der Waals surface area contributed by atoms with Crippen LogP contribution in [0, 0.1) is 0 Å². The normalized spacial score (nSPS) is 15.6. The highest BCUT2D eigenvalue weighted by atomic mass is 32.1. The second-order valence-electron chi connectivity index (χ2n) is 6.51. The van der Waals surface area contributed by atoms with Crippen LogP contribution in [-0.4, -0.2) is 40.3 Å². The predicted molar refractivity (Wildman–Crippen MR) is 113 cm³/mol. The first-order chi connectivity index (χ1) is 13.7. The monoisotopic (exact) mass is 394 g/mol. The quantitative estimate of drug-likeness (QED) is 0.681. The number of nitrogens with one attached hydrogen (secondary N) is 1. The number of nitrogens with zero attached hydrogens (tertiary/aromatic N) is 3. The fourth-order valence-corrected chi connectivity index (χ4v) is 3.90. The van der Waals surface area contributed by atoms with Gasteiger partial charge in [-0.15, -0.1) is 0 Å². The third-order valence-corrected chi connectivity index (χ3v) is 5.28. The summed E-state index contributed by atoms with van der Waals surface area (Å²) in [6, 6.07) is 13.9. The molecule has 28 heavy (non-hydrogen) atoms. The number of hydrogen-bond donors (Lipinski definition) is 1. The Balaban J connectivity index is 1.67. The van der Waals surface area contributed by atoms with E-state index in [1.807, 2.05) is 30.5 Å². The molecule has 0 spiro atoms. The molecule has 0 radical (unpaired) electrons. The Morgan fingerprint density at radius 1 is 1.14 bits per heavy atom. The van der Waals surface area contributed by atoms with Gasteiger partial charge in [-0.25, -0.2) is 0 Å². The summed E-state index contributed by atoms with van der Waals surface area (Å²) in [6.45, 7) is 1.66. The maximum atomic E-state index is 5.81. The van der Waals surface area contributed by atoms with Crippen molar-refractivity contribution in [3.63, 3.8) is 0 Å². The van der Waals surface area contributed by atoms with E-state index in [-0.39, 0.29) is 6.04 Å². The summed E-state index contributed by atoms with van der Waals surface area (Å²) in [6.07, 6.45) is 5.79. The number of fused-ring (bicyclic) bond motifs is 1. The van der Waals surface area contributed by atoms with Crippen molar-refractivity contribution in [2.45, 2.75) is 12.6 Å². The predicted octanol–water partition coefficient (Wildman–Crippen LogP) is 3.70. The van der Waals surface area contributed by atoms with Crippen molar-refractivity contribution < 1.29 is 9.47 Å². The van der Waals surface area contributed by atoms with Crippen molar-refractivity contribution in [2.75, 3.05) is 26.1 Å². The number of pyridine rings is 1. The minimum absolute atomic E-state index is 0.00551. The number of anilines is 1. The number of hydrogen-bond acceptors (Lipinski definition) is 4. The molecule has 7 heteroatoms. The lowest BCUT2D eigenvalue weighted by molar-refractivity contribution is 0.293. The van der Waals surface area contributed by atoms with Crippen LogP contribution in [0.4, 0.5) is 5.69 Å². The average Bonchev–Trinajstić information content (AvgIpc) is 3.22. The van der Waals surface area contributed by atoms with Gasteiger partial charge in [0.2, 0.25) is 0 Å². The molecule has 6 nitrogen and oxygen atoms in total. The molecule has 0 saturated carbocycles. The van der Waals surface area contributed by atoms with E-state index in [0.717, 1.165) is 30.1 Å². The SMILES string of the molecule is COc1ccc(OC)c(NC(=S)N2CCn3cccc3[C@@H]2c2cccnc2)c1. The van der Waals surface area contributed by atoms with Gasteiger partial charge in [0, 0.05) is 43.4 Å². The van der Waals surface area contributed by atoms with Gasteiger partial charge in [0.05, 0.1) is 25.9 Å². The number of ether oxygens (including phenoxy) is 2. The van der Waals surface area contributed by atoms with E-state index in [1.165, 1.54) is 5.69 Å². The topological polar surface area (TPSA) is 51.6 Å². The molecule has 0 amide bonds. The lowest BCUT2D eigenvalue weighted by Crippen LogP contribution is -2.44. The lowest BCUT2D eigenvalue weighted by Gasteiger charge is -2.39. The Hall–Kier alpha value is -3.06. The lowest BCUT2D eigenvalue weighted by atomic mass is 10.0. The molecule has 144 valence electrons. The summed E-state index contributed by atoms with van der Waals surface area (Å²) in [5, 5.41) is 3.98. The molecule has 3 heterocycles. The van der Waals surface area contributed by atoms with Gasteiger partial charge in [0.1, 0.15) is 11.5 Å². The summed E-state index contributed by atoms with van der Waals surface area (Å²) in [5.74, 6) is 1.45. The van der Waals surface area contributed by atoms with Crippen molar-refractivity contribution in [1.82, 2.24) is 14.5 Å². The highest BCUT2D eigenvalue weighted by molar-refractivity contribution is 7.80. The first-order valence-corrected chi connectivity index (χ1v) is 9.46. The van der Waals surface area contributed by atoms with Gasteiger partial charge in [-0.05, 0) is 48.1 Å². The zero-order chi connectivity index (χ0) is 19.5. The standard InChI is InChI=1S/C21H22N4O2S/c1-26-16-7-8-19(27-2)17(13-16)23-21(28)25-12-11-24-10-4-6-18(24)20(25)15-5-3-9-22-14-15/h3-10,13-14,20H,11-12H2,1-2H3,(H,23,28)/t20-/m0/s1. The maximum absolute atomic E-state index is 5.81. The first-order valence-electron chi connectivity index (χ1n) is 9.06. The van der Waals surface area contributed by atoms with E-state index in [9.17, 15) is 0 Å². The molecule has 0 unspecified atom stereocenters. The number of thiocarbonyl (C=S) groups is 1. The molecule has 1 aliphatic heterocycles. The van der Waals surface area contributed by atoms with Crippen LogP contribution in [0.2, 0.25) is 0 Å². The fourth-order valence-electron chi connectivity index (χ4n) is 3.59. The van der Waals surface area contributed by atoms with Gasteiger partial charge in [-0.2, -0.15) is 0 Å². The highest BCUT2D eigenvalue weighted by Crippen LogP contribution is 2.34. The van der Waals surface area contributed by atoms with Crippen LogP contribution in [0.15, 0.2) is 61.1 Å². The summed E-state index contributed by atoms with van der Waals surface area (Å²) in [7, 11) is 3.28. The van der Waals surface area contributed by atoms with Crippen LogP contribution in [-0.2, 0) is 6.54 Å². The molecule has 4 rings (SSSR count). The summed E-state index contributed by atoms with van der Waals surface area (Å²) >= 11 is 5.81. The smallest absolute Gasteiger partial charge is 0.174 e. The van der Waals surface area contributed by atoms with Crippen LogP contribution in [0.5, 0.6) is 11.5 Å². The minimum Gasteiger partial charge on any atom is -0.497 e. The van der Waals surface area contributed by atoms with E-state index in [0.29, 0.717) is 10.9 Å². The van der Waals surface area contributed by atoms with E-state index in [4.69, 9.17) is 21.7 Å². The minimum atomic E-state index is -0.00551. The molecule has 1 aromatic carbocycles. The van der Waals surface area contributed by atoms with E-state index in [1.54, 1.807) is 20.4 Å². The maximum Gasteiger partial charge on any atom is 0.174 e. The number of methoxy groups -OCH3 is 2. The largest absolute Gasteiger partial charge is 0.497 e. The van der Waals surface area contributed by atoms with Crippen molar-refractivity contribution in [1.29, 1.82) is 0 Å². The zero-order valence-corrected chi connectivity index (χ0v) is 16.6. The van der Waals surface area contributed by atoms with Gasteiger partial charge in [0.25, 0.3) is 0 Å². The molecule has 0 aliphatic carbocycles. The van der Waals surface area contributed by atoms with E-state index < -0.39 is 0 Å². The molecule has 0 bridgehead atoms. The molecule has 0 saturated heterocycles. The van der Waals surface area contributed by atoms with Crippen LogP contribution in [0.1, 0.15) is 17.3 Å². The third kappa shape index (κ3) is 3.41. The summed E-state index contributed by atoms with van der Waals surface area (Å²) in [4.78, 5) is 6.50. The number of aromatic nitrogens is 2. The van der Waals surface area contributed by atoms with Gasteiger partial charge >= 0.3 is 0 Å². The van der Waals surface area contributed by atoms with Crippen molar-refractivity contribution in [2.24, 2.45) is 0 Å².